The summed E-state index contributed by atoms with van der Waals surface area (Å²) in [6.45, 7) is 1.25. The third-order valence-corrected chi connectivity index (χ3v) is 6.38. The minimum absolute atomic E-state index is 0.104. The van der Waals surface area contributed by atoms with E-state index in [-0.39, 0.29) is 43.0 Å². The molecule has 0 N–H and O–H groups in total. The topological polar surface area (TPSA) is 90.9 Å². The maximum atomic E-state index is 13.5. The van der Waals surface area contributed by atoms with Gasteiger partial charge in [0.2, 0.25) is 17.7 Å². The molecule has 0 saturated carbocycles. The van der Waals surface area contributed by atoms with Gasteiger partial charge >= 0.3 is 0 Å². The van der Waals surface area contributed by atoms with Gasteiger partial charge in [0.05, 0.1) is 16.8 Å². The van der Waals surface area contributed by atoms with Crippen LogP contribution in [0, 0.1) is 0 Å². The quantitative estimate of drug-likeness (QED) is 0.562. The molecule has 2 aromatic carbocycles. The summed E-state index contributed by atoms with van der Waals surface area (Å²) in [7, 11) is 0. The van der Waals surface area contributed by atoms with Crippen molar-refractivity contribution in [2.45, 2.75) is 12.8 Å². The van der Waals surface area contributed by atoms with Crippen LogP contribution in [-0.2, 0) is 14.4 Å². The Morgan fingerprint density at radius 1 is 0.794 bits per heavy atom. The first-order valence-electron chi connectivity index (χ1n) is 11.4. The largest absolute Gasteiger partial charge is 0.338 e. The number of fused-ring (bicyclic) bond motifs is 1. The third-order valence-electron chi connectivity index (χ3n) is 6.38. The Labute approximate surface area is 196 Å². The lowest BCUT2D eigenvalue weighted by Gasteiger charge is -2.35. The molecule has 0 aliphatic carbocycles. The van der Waals surface area contributed by atoms with E-state index in [0.717, 1.165) is 27.1 Å². The van der Waals surface area contributed by atoms with Gasteiger partial charge in [-0.1, -0.05) is 48.5 Å². The first-order chi connectivity index (χ1) is 16.5. The number of imide groups is 1. The van der Waals surface area contributed by atoms with E-state index in [2.05, 4.69) is 0 Å². The highest BCUT2D eigenvalue weighted by atomic mass is 16.2. The zero-order chi connectivity index (χ0) is 23.7. The standard InChI is InChI=1S/C26H24N4O4/c31-23-10-11-24(32)30(23)17-25(33)28-12-14-29(15-13-28)26(34)20-16-22(18-6-2-1-3-7-18)27-21-9-5-4-8-19(20)21/h1-9,16H,10-15,17H2. The van der Waals surface area contributed by atoms with Crippen LogP contribution in [0.3, 0.4) is 0 Å². The third kappa shape index (κ3) is 4.14. The van der Waals surface area contributed by atoms with Crippen LogP contribution in [0.5, 0.6) is 0 Å². The summed E-state index contributed by atoms with van der Waals surface area (Å²) < 4.78 is 0. The fourth-order valence-electron chi connectivity index (χ4n) is 4.47. The Balaban J connectivity index is 1.33. The van der Waals surface area contributed by atoms with Crippen LogP contribution in [0.1, 0.15) is 23.2 Å². The van der Waals surface area contributed by atoms with Gasteiger partial charge in [0.15, 0.2) is 0 Å². The van der Waals surface area contributed by atoms with Crippen LogP contribution in [-0.4, -0.2) is 76.0 Å². The van der Waals surface area contributed by atoms with Crippen molar-refractivity contribution in [3.8, 4) is 11.3 Å². The first kappa shape index (κ1) is 21.8. The fourth-order valence-corrected chi connectivity index (χ4v) is 4.47. The maximum Gasteiger partial charge on any atom is 0.254 e. The molecule has 2 aliphatic heterocycles. The number of piperazine rings is 1. The molecule has 0 spiro atoms. The highest BCUT2D eigenvalue weighted by Gasteiger charge is 2.33. The number of nitrogens with zero attached hydrogens (tertiary/aromatic N) is 4. The van der Waals surface area contributed by atoms with Crippen LogP contribution in [0.15, 0.2) is 60.7 Å². The van der Waals surface area contributed by atoms with Crippen molar-refractivity contribution in [3.63, 3.8) is 0 Å². The molecule has 34 heavy (non-hydrogen) atoms. The van der Waals surface area contributed by atoms with E-state index >= 15 is 0 Å². The number of hydrogen-bond acceptors (Lipinski definition) is 5. The van der Waals surface area contributed by atoms with Gasteiger partial charge in [0.25, 0.3) is 5.91 Å². The summed E-state index contributed by atoms with van der Waals surface area (Å²) in [6, 6.07) is 19.2. The Morgan fingerprint density at radius 2 is 1.41 bits per heavy atom. The van der Waals surface area contributed by atoms with Crippen molar-refractivity contribution in [3.05, 3.63) is 66.2 Å². The van der Waals surface area contributed by atoms with Gasteiger partial charge in [0, 0.05) is 50.0 Å². The van der Waals surface area contributed by atoms with Gasteiger partial charge in [-0.15, -0.1) is 0 Å². The molecule has 3 heterocycles. The highest BCUT2D eigenvalue weighted by molar-refractivity contribution is 6.07. The molecule has 0 radical (unpaired) electrons. The van der Waals surface area contributed by atoms with Gasteiger partial charge in [-0.3, -0.25) is 24.1 Å². The lowest BCUT2D eigenvalue weighted by Crippen LogP contribution is -2.53. The molecular weight excluding hydrogens is 432 g/mol. The molecule has 1 aromatic heterocycles. The summed E-state index contributed by atoms with van der Waals surface area (Å²) in [5.41, 5.74) is 3.00. The number of aromatic nitrogens is 1. The van der Waals surface area contributed by atoms with Crippen molar-refractivity contribution in [2.24, 2.45) is 0 Å². The van der Waals surface area contributed by atoms with Crippen LogP contribution < -0.4 is 0 Å². The SMILES string of the molecule is O=C(CN1C(=O)CCC1=O)N1CCN(C(=O)c2cc(-c3ccccc3)nc3ccccc23)CC1. The van der Waals surface area contributed by atoms with Gasteiger partial charge in [-0.05, 0) is 12.1 Å². The second-order valence-corrected chi connectivity index (χ2v) is 8.48. The summed E-state index contributed by atoms with van der Waals surface area (Å²) in [6.07, 6.45) is 0.332. The number of para-hydroxylation sites is 1. The van der Waals surface area contributed by atoms with Gasteiger partial charge in [-0.2, -0.15) is 0 Å². The predicted octanol–water partition coefficient (Wildman–Crippen LogP) is 2.34. The van der Waals surface area contributed by atoms with E-state index in [4.69, 9.17) is 4.98 Å². The normalized spacial score (nSPS) is 16.4. The fraction of sp³-hybridized carbons (Fsp3) is 0.269. The highest BCUT2D eigenvalue weighted by Crippen LogP contribution is 2.26. The van der Waals surface area contributed by atoms with E-state index in [1.54, 1.807) is 9.80 Å². The minimum Gasteiger partial charge on any atom is -0.338 e. The summed E-state index contributed by atoms with van der Waals surface area (Å²) in [5, 5.41) is 0.789. The molecule has 2 aliphatic rings. The van der Waals surface area contributed by atoms with Crippen LogP contribution in [0.25, 0.3) is 22.2 Å². The van der Waals surface area contributed by atoms with Crippen LogP contribution >= 0.6 is 0 Å². The molecule has 4 amide bonds. The second-order valence-electron chi connectivity index (χ2n) is 8.48. The van der Waals surface area contributed by atoms with Crippen LogP contribution in [0.2, 0.25) is 0 Å². The molecule has 0 bridgehead atoms. The number of carbonyl (C=O) groups is 4. The molecule has 8 heteroatoms. The van der Waals surface area contributed by atoms with Crippen molar-refractivity contribution in [1.82, 2.24) is 19.7 Å². The molecule has 3 aromatic rings. The van der Waals surface area contributed by atoms with Crippen LogP contribution in [0.4, 0.5) is 0 Å². The number of hydrogen-bond donors (Lipinski definition) is 0. The van der Waals surface area contributed by atoms with Crippen molar-refractivity contribution >= 4 is 34.5 Å². The van der Waals surface area contributed by atoms with E-state index < -0.39 is 0 Å². The average molecular weight is 457 g/mol. The van der Waals surface area contributed by atoms with Crippen molar-refractivity contribution in [1.29, 1.82) is 0 Å². The molecule has 2 saturated heterocycles. The molecule has 5 rings (SSSR count). The zero-order valence-electron chi connectivity index (χ0n) is 18.6. The van der Waals surface area contributed by atoms with Gasteiger partial charge in [0.1, 0.15) is 6.54 Å². The van der Waals surface area contributed by atoms with Gasteiger partial charge in [-0.25, -0.2) is 4.98 Å². The number of rotatable bonds is 4. The number of amides is 4. The number of likely N-dealkylation sites (tertiary alicyclic amines) is 1. The second kappa shape index (κ2) is 9.05. The molecular formula is C26H24N4O4. The average Bonchev–Trinajstić information content (AvgIpc) is 3.20. The van der Waals surface area contributed by atoms with Crippen molar-refractivity contribution < 1.29 is 19.2 Å². The zero-order valence-corrected chi connectivity index (χ0v) is 18.6. The summed E-state index contributed by atoms with van der Waals surface area (Å²) in [5.74, 6) is -0.971. The van der Waals surface area contributed by atoms with E-state index in [1.165, 1.54) is 0 Å². The Hall–Kier alpha value is -4.07. The maximum absolute atomic E-state index is 13.5. The lowest BCUT2D eigenvalue weighted by atomic mass is 10.0. The smallest absolute Gasteiger partial charge is 0.254 e. The molecule has 0 unspecified atom stereocenters. The summed E-state index contributed by atoms with van der Waals surface area (Å²) in [4.78, 5) is 58.9. The van der Waals surface area contributed by atoms with E-state index in [0.29, 0.717) is 31.7 Å². The molecule has 2 fully saturated rings. The van der Waals surface area contributed by atoms with Gasteiger partial charge < -0.3 is 9.80 Å². The number of pyridine rings is 1. The predicted molar refractivity (Wildman–Crippen MR) is 126 cm³/mol. The summed E-state index contributed by atoms with van der Waals surface area (Å²) >= 11 is 0. The monoisotopic (exact) mass is 456 g/mol. The minimum atomic E-state index is -0.300. The molecule has 0 atom stereocenters. The Kier molecular flexibility index (Phi) is 5.79. The number of carbonyl (C=O) groups excluding carboxylic acids is 4. The van der Waals surface area contributed by atoms with Crippen molar-refractivity contribution in [2.75, 3.05) is 32.7 Å². The number of benzene rings is 2. The Morgan fingerprint density at radius 3 is 2.12 bits per heavy atom. The molecule has 8 nitrogen and oxygen atoms in total. The first-order valence-corrected chi connectivity index (χ1v) is 11.4. The lowest BCUT2D eigenvalue weighted by molar-refractivity contribution is -0.146. The molecule has 172 valence electrons. The Bertz CT molecular complexity index is 1270. The van der Waals surface area contributed by atoms with E-state index in [1.807, 2.05) is 60.7 Å². The van der Waals surface area contributed by atoms with E-state index in [9.17, 15) is 19.2 Å².